The molecule has 3 heterocycles. The molecule has 1 radical (unpaired) electrons. The van der Waals surface area contributed by atoms with Gasteiger partial charge in [-0.25, -0.2) is 0 Å². The Morgan fingerprint density at radius 2 is 1.26 bits per heavy atom. The van der Waals surface area contributed by atoms with E-state index in [1.165, 1.54) is 27.8 Å². The van der Waals surface area contributed by atoms with Gasteiger partial charge in [0.2, 0.25) is 0 Å². The Hall–Kier alpha value is -4.76. The number of aryl methyl sites for hydroxylation is 2. The summed E-state index contributed by atoms with van der Waals surface area (Å²) in [5.41, 5.74) is 13.4. The van der Waals surface area contributed by atoms with Crippen molar-refractivity contribution in [1.82, 2.24) is 15.0 Å². The van der Waals surface area contributed by atoms with Crippen LogP contribution in [-0.2, 0) is 25.5 Å². The van der Waals surface area contributed by atoms with E-state index in [0.717, 1.165) is 44.5 Å². The predicted molar refractivity (Wildman–Crippen MR) is 191 cm³/mol. The fourth-order valence-corrected chi connectivity index (χ4v) is 5.45. The van der Waals surface area contributed by atoms with Crippen LogP contribution in [0, 0.1) is 26.0 Å². The van der Waals surface area contributed by atoms with Gasteiger partial charge in [-0.05, 0) is 71.1 Å². The predicted octanol–water partition coefficient (Wildman–Crippen LogP) is 10.9. The van der Waals surface area contributed by atoms with E-state index in [2.05, 4.69) is 130 Å². The van der Waals surface area contributed by atoms with Gasteiger partial charge in [-0.1, -0.05) is 92.1 Å². The van der Waals surface area contributed by atoms with Crippen molar-refractivity contribution in [2.75, 3.05) is 0 Å². The number of nitrogens with zero attached hydrogens (tertiary/aromatic N) is 3. The molecule has 235 valence electrons. The third-order valence-corrected chi connectivity index (χ3v) is 8.05. The summed E-state index contributed by atoms with van der Waals surface area (Å²) < 4.78 is 0. The average molecular weight is 788 g/mol. The summed E-state index contributed by atoms with van der Waals surface area (Å²) in [5, 5.41) is 1.15. The summed E-state index contributed by atoms with van der Waals surface area (Å²) in [6.45, 7) is 10.8. The summed E-state index contributed by atoms with van der Waals surface area (Å²) in [5.74, 6) is 0. The molecule has 0 aliphatic heterocycles. The van der Waals surface area contributed by atoms with E-state index in [-0.39, 0.29) is 25.5 Å². The molecule has 0 unspecified atom stereocenters. The maximum absolute atomic E-state index is 4.78. The van der Waals surface area contributed by atoms with Gasteiger partial charge in [0.05, 0.1) is 5.52 Å². The van der Waals surface area contributed by atoms with Crippen molar-refractivity contribution in [3.8, 4) is 44.8 Å². The van der Waals surface area contributed by atoms with Crippen LogP contribution in [0.1, 0.15) is 37.5 Å². The molecule has 0 fully saturated rings. The Kier molecular flexibility index (Phi) is 10.6. The molecular formula is C43H37IrN3-2. The smallest absolute Gasteiger partial charge is 0.0770 e. The molecule has 7 rings (SSSR count). The number of aromatic nitrogens is 3. The number of pyridine rings is 3. The SMILES string of the molecule is Cc1ccc(-c2ccc(-c3cc[c-]c(-c4cc(C(C)(C)C)ccn4)c3)c3ncccc23)cc1.Cc1ccnc(-c2[c-]cccc2)c1.[Ir]. The summed E-state index contributed by atoms with van der Waals surface area (Å²) in [6.07, 6.45) is 5.59. The minimum absolute atomic E-state index is 0. The number of hydrogen-bond acceptors (Lipinski definition) is 3. The Morgan fingerprint density at radius 1 is 0.532 bits per heavy atom. The molecule has 4 heteroatoms. The van der Waals surface area contributed by atoms with Crippen LogP contribution in [-0.4, -0.2) is 15.0 Å². The molecule has 4 aromatic carbocycles. The minimum Gasteiger partial charge on any atom is -0.305 e. The number of hydrogen-bond donors (Lipinski definition) is 0. The third-order valence-electron chi connectivity index (χ3n) is 8.05. The summed E-state index contributed by atoms with van der Waals surface area (Å²) in [4.78, 5) is 13.7. The van der Waals surface area contributed by atoms with Crippen LogP contribution in [0.25, 0.3) is 55.7 Å². The molecule has 0 saturated heterocycles. The maximum Gasteiger partial charge on any atom is 0.0770 e. The zero-order valence-corrected chi connectivity index (χ0v) is 29.8. The second kappa shape index (κ2) is 14.8. The summed E-state index contributed by atoms with van der Waals surface area (Å²) in [7, 11) is 0. The van der Waals surface area contributed by atoms with Crippen molar-refractivity contribution in [2.45, 2.75) is 40.0 Å². The molecule has 3 aromatic heterocycles. The Balaban J connectivity index is 0.000000260. The van der Waals surface area contributed by atoms with Crippen LogP contribution in [0.15, 0.2) is 134 Å². The van der Waals surface area contributed by atoms with E-state index >= 15 is 0 Å². The van der Waals surface area contributed by atoms with Gasteiger partial charge in [-0.3, -0.25) is 4.98 Å². The van der Waals surface area contributed by atoms with Crippen LogP contribution in [0.2, 0.25) is 0 Å². The van der Waals surface area contributed by atoms with Gasteiger partial charge in [0.1, 0.15) is 0 Å². The molecule has 7 aromatic rings. The van der Waals surface area contributed by atoms with Gasteiger partial charge in [0, 0.05) is 44.1 Å². The van der Waals surface area contributed by atoms with Gasteiger partial charge < -0.3 is 9.97 Å². The van der Waals surface area contributed by atoms with E-state index in [0.29, 0.717) is 0 Å². The zero-order valence-electron chi connectivity index (χ0n) is 27.4. The van der Waals surface area contributed by atoms with E-state index in [9.17, 15) is 0 Å². The van der Waals surface area contributed by atoms with Gasteiger partial charge in [-0.15, -0.1) is 65.7 Å². The topological polar surface area (TPSA) is 38.7 Å². The Labute approximate surface area is 292 Å². The van der Waals surface area contributed by atoms with Crippen LogP contribution >= 0.6 is 0 Å². The fourth-order valence-electron chi connectivity index (χ4n) is 5.45. The van der Waals surface area contributed by atoms with Crippen molar-refractivity contribution in [3.63, 3.8) is 0 Å². The van der Waals surface area contributed by atoms with Gasteiger partial charge >= 0.3 is 0 Å². The third kappa shape index (κ3) is 7.97. The van der Waals surface area contributed by atoms with Crippen molar-refractivity contribution < 1.29 is 20.1 Å². The Bertz CT molecular complexity index is 2100. The average Bonchev–Trinajstić information content (AvgIpc) is 3.09. The van der Waals surface area contributed by atoms with Crippen LogP contribution in [0.4, 0.5) is 0 Å². The van der Waals surface area contributed by atoms with Crippen LogP contribution in [0.3, 0.4) is 0 Å². The van der Waals surface area contributed by atoms with E-state index in [1.807, 2.05) is 61.1 Å². The molecule has 0 aliphatic carbocycles. The van der Waals surface area contributed by atoms with Crippen LogP contribution in [0.5, 0.6) is 0 Å². The van der Waals surface area contributed by atoms with Crippen molar-refractivity contribution >= 4 is 10.9 Å². The summed E-state index contributed by atoms with van der Waals surface area (Å²) in [6, 6.07) is 46.2. The van der Waals surface area contributed by atoms with E-state index in [1.54, 1.807) is 0 Å². The Morgan fingerprint density at radius 3 is 1.98 bits per heavy atom. The van der Waals surface area contributed by atoms with E-state index in [4.69, 9.17) is 4.98 Å². The van der Waals surface area contributed by atoms with Gasteiger partial charge in [-0.2, -0.15) is 0 Å². The zero-order chi connectivity index (χ0) is 32.1. The largest absolute Gasteiger partial charge is 0.305 e. The molecule has 0 bridgehead atoms. The minimum atomic E-state index is 0. The quantitative estimate of drug-likeness (QED) is 0.167. The molecule has 0 amide bonds. The molecule has 47 heavy (non-hydrogen) atoms. The van der Waals surface area contributed by atoms with E-state index < -0.39 is 0 Å². The molecule has 3 nitrogen and oxygen atoms in total. The fraction of sp³-hybridized carbons (Fsp3) is 0.140. The van der Waals surface area contributed by atoms with Crippen molar-refractivity contribution in [1.29, 1.82) is 0 Å². The summed E-state index contributed by atoms with van der Waals surface area (Å²) >= 11 is 0. The standard InChI is InChI=1S/C31H27N2.C12H10N.Ir/c1-21-10-12-22(13-11-21)26-14-15-27(30-28(26)9-6-17-33-30)23-7-5-8-24(19-23)29-20-25(16-18-32-29)31(2,3)4;1-10-7-8-13-12(9-10)11-5-3-2-4-6-11;/h5-7,9-20H,1-4H3;2-5,7-9H,1H3;/q2*-1;. The monoisotopic (exact) mass is 788 g/mol. The normalized spacial score (nSPS) is 10.9. The number of rotatable bonds is 4. The van der Waals surface area contributed by atoms with Gasteiger partial charge in [0.15, 0.2) is 0 Å². The molecule has 0 spiro atoms. The molecule has 0 saturated carbocycles. The molecule has 0 N–H and O–H groups in total. The van der Waals surface area contributed by atoms with Gasteiger partial charge in [0.25, 0.3) is 0 Å². The first-order valence-corrected chi connectivity index (χ1v) is 15.6. The maximum atomic E-state index is 4.78. The second-order valence-electron chi connectivity index (χ2n) is 12.6. The first-order chi connectivity index (χ1) is 22.3. The molecular weight excluding hydrogens is 751 g/mol. The van der Waals surface area contributed by atoms with Crippen molar-refractivity contribution in [3.05, 3.63) is 163 Å². The number of benzene rings is 4. The molecule has 0 aliphatic rings. The van der Waals surface area contributed by atoms with Crippen molar-refractivity contribution in [2.24, 2.45) is 0 Å². The first kappa shape index (κ1) is 33.6. The second-order valence-corrected chi connectivity index (χ2v) is 12.6. The number of fused-ring (bicyclic) bond motifs is 1. The molecule has 0 atom stereocenters. The first-order valence-electron chi connectivity index (χ1n) is 15.6. The van der Waals surface area contributed by atoms with Crippen LogP contribution < -0.4 is 0 Å².